The SMILES string of the molecule is CNC(=O)NCC1CCC(O)C1. The van der Waals surface area contributed by atoms with Crippen molar-refractivity contribution in [1.82, 2.24) is 10.6 Å². The maximum Gasteiger partial charge on any atom is 0.314 e. The molecule has 4 nitrogen and oxygen atoms in total. The summed E-state index contributed by atoms with van der Waals surface area (Å²) >= 11 is 0. The molecule has 4 heteroatoms. The highest BCUT2D eigenvalue weighted by Crippen LogP contribution is 2.24. The smallest absolute Gasteiger partial charge is 0.314 e. The lowest BCUT2D eigenvalue weighted by Gasteiger charge is -2.09. The minimum Gasteiger partial charge on any atom is -0.393 e. The Morgan fingerprint density at radius 2 is 2.33 bits per heavy atom. The summed E-state index contributed by atoms with van der Waals surface area (Å²) in [5, 5.41) is 14.4. The summed E-state index contributed by atoms with van der Waals surface area (Å²) < 4.78 is 0. The fraction of sp³-hybridized carbons (Fsp3) is 0.875. The van der Waals surface area contributed by atoms with E-state index in [-0.39, 0.29) is 12.1 Å². The number of rotatable bonds is 2. The fourth-order valence-corrected chi connectivity index (χ4v) is 1.56. The second-order valence-corrected chi connectivity index (χ2v) is 3.29. The van der Waals surface area contributed by atoms with Gasteiger partial charge in [-0.05, 0) is 25.2 Å². The van der Waals surface area contributed by atoms with E-state index < -0.39 is 0 Å². The van der Waals surface area contributed by atoms with Crippen molar-refractivity contribution in [2.24, 2.45) is 5.92 Å². The topological polar surface area (TPSA) is 61.4 Å². The van der Waals surface area contributed by atoms with Crippen molar-refractivity contribution in [3.63, 3.8) is 0 Å². The Morgan fingerprint density at radius 1 is 1.58 bits per heavy atom. The molecule has 0 bridgehead atoms. The Balaban J connectivity index is 2.11. The van der Waals surface area contributed by atoms with Gasteiger partial charge in [-0.1, -0.05) is 0 Å². The van der Waals surface area contributed by atoms with Gasteiger partial charge in [-0.3, -0.25) is 0 Å². The average molecular weight is 172 g/mol. The highest BCUT2D eigenvalue weighted by Gasteiger charge is 2.22. The minimum absolute atomic E-state index is 0.142. The zero-order valence-electron chi connectivity index (χ0n) is 7.34. The van der Waals surface area contributed by atoms with Gasteiger partial charge in [0.25, 0.3) is 0 Å². The molecule has 1 fully saturated rings. The third kappa shape index (κ3) is 2.70. The van der Waals surface area contributed by atoms with Crippen LogP contribution >= 0.6 is 0 Å². The largest absolute Gasteiger partial charge is 0.393 e. The van der Waals surface area contributed by atoms with E-state index in [1.807, 2.05) is 0 Å². The lowest BCUT2D eigenvalue weighted by atomic mass is 10.1. The van der Waals surface area contributed by atoms with Crippen molar-refractivity contribution in [3.8, 4) is 0 Å². The van der Waals surface area contributed by atoms with Crippen LogP contribution in [-0.4, -0.2) is 30.8 Å². The van der Waals surface area contributed by atoms with Crippen LogP contribution < -0.4 is 10.6 Å². The van der Waals surface area contributed by atoms with Crippen molar-refractivity contribution < 1.29 is 9.90 Å². The molecule has 0 heterocycles. The molecule has 0 saturated heterocycles. The van der Waals surface area contributed by atoms with Crippen molar-refractivity contribution in [2.45, 2.75) is 25.4 Å². The summed E-state index contributed by atoms with van der Waals surface area (Å²) in [6.07, 6.45) is 2.57. The van der Waals surface area contributed by atoms with Crippen molar-refractivity contribution in [1.29, 1.82) is 0 Å². The van der Waals surface area contributed by atoms with Crippen molar-refractivity contribution >= 4 is 6.03 Å². The number of amides is 2. The summed E-state index contributed by atoms with van der Waals surface area (Å²) in [6.45, 7) is 0.677. The maximum atomic E-state index is 10.8. The molecule has 12 heavy (non-hydrogen) atoms. The number of carbonyl (C=O) groups excluding carboxylic acids is 1. The molecule has 0 aromatic rings. The highest BCUT2D eigenvalue weighted by atomic mass is 16.3. The van der Waals surface area contributed by atoms with E-state index in [9.17, 15) is 9.90 Å². The van der Waals surface area contributed by atoms with E-state index in [1.54, 1.807) is 7.05 Å². The van der Waals surface area contributed by atoms with Crippen LogP contribution in [0.5, 0.6) is 0 Å². The molecule has 0 aromatic heterocycles. The van der Waals surface area contributed by atoms with Gasteiger partial charge in [0, 0.05) is 13.6 Å². The molecular weight excluding hydrogens is 156 g/mol. The first-order chi connectivity index (χ1) is 5.72. The van der Waals surface area contributed by atoms with Crippen LogP contribution in [0.2, 0.25) is 0 Å². The summed E-state index contributed by atoms with van der Waals surface area (Å²) in [5.41, 5.74) is 0. The molecule has 1 aliphatic rings. The summed E-state index contributed by atoms with van der Waals surface area (Å²) in [6, 6.07) is -0.142. The molecule has 0 radical (unpaired) electrons. The predicted octanol–water partition coefficient (Wildman–Crippen LogP) is 0.0764. The molecule has 0 aliphatic heterocycles. The van der Waals surface area contributed by atoms with Crippen LogP contribution in [0.3, 0.4) is 0 Å². The van der Waals surface area contributed by atoms with E-state index in [4.69, 9.17) is 0 Å². The first-order valence-electron chi connectivity index (χ1n) is 4.36. The zero-order valence-corrected chi connectivity index (χ0v) is 7.34. The Bertz CT molecular complexity index is 161. The number of nitrogens with one attached hydrogen (secondary N) is 2. The quantitative estimate of drug-likeness (QED) is 0.552. The van der Waals surface area contributed by atoms with E-state index in [1.165, 1.54) is 0 Å². The average Bonchev–Trinajstić information content (AvgIpc) is 2.47. The third-order valence-corrected chi connectivity index (χ3v) is 2.29. The second kappa shape index (κ2) is 4.30. The minimum atomic E-state index is -0.151. The Hall–Kier alpha value is -0.770. The Labute approximate surface area is 72.3 Å². The number of aliphatic hydroxyl groups excluding tert-OH is 1. The van der Waals surface area contributed by atoms with Crippen LogP contribution in [0.4, 0.5) is 4.79 Å². The molecule has 2 atom stereocenters. The Morgan fingerprint density at radius 3 is 2.83 bits per heavy atom. The molecule has 70 valence electrons. The lowest BCUT2D eigenvalue weighted by molar-refractivity contribution is 0.177. The normalized spacial score (nSPS) is 28.5. The van der Waals surface area contributed by atoms with Gasteiger partial charge in [-0.2, -0.15) is 0 Å². The van der Waals surface area contributed by atoms with Crippen LogP contribution in [0.1, 0.15) is 19.3 Å². The number of aliphatic hydroxyl groups is 1. The standard InChI is InChI=1S/C8H16N2O2/c1-9-8(12)10-5-6-2-3-7(11)4-6/h6-7,11H,2-5H2,1H3,(H2,9,10,12). The molecule has 1 saturated carbocycles. The first kappa shape index (κ1) is 9.32. The van der Waals surface area contributed by atoms with E-state index in [0.29, 0.717) is 12.5 Å². The number of urea groups is 1. The van der Waals surface area contributed by atoms with E-state index in [0.717, 1.165) is 19.3 Å². The van der Waals surface area contributed by atoms with Crippen LogP contribution in [-0.2, 0) is 0 Å². The van der Waals surface area contributed by atoms with Gasteiger partial charge >= 0.3 is 6.03 Å². The van der Waals surface area contributed by atoms with Crippen LogP contribution in [0, 0.1) is 5.92 Å². The monoisotopic (exact) mass is 172 g/mol. The number of hydrogen-bond donors (Lipinski definition) is 3. The van der Waals surface area contributed by atoms with E-state index >= 15 is 0 Å². The molecule has 3 N–H and O–H groups in total. The van der Waals surface area contributed by atoms with Crippen LogP contribution in [0.15, 0.2) is 0 Å². The highest BCUT2D eigenvalue weighted by molar-refractivity contribution is 5.73. The molecule has 1 rings (SSSR count). The van der Waals surface area contributed by atoms with Gasteiger partial charge in [-0.25, -0.2) is 4.79 Å². The molecule has 2 amide bonds. The fourth-order valence-electron chi connectivity index (χ4n) is 1.56. The van der Waals surface area contributed by atoms with Gasteiger partial charge in [0.05, 0.1) is 6.10 Å². The summed E-state index contributed by atoms with van der Waals surface area (Å²) in [5.74, 6) is 0.456. The van der Waals surface area contributed by atoms with E-state index in [2.05, 4.69) is 10.6 Å². The molecule has 1 aliphatic carbocycles. The molecule has 2 unspecified atom stereocenters. The maximum absolute atomic E-state index is 10.8. The summed E-state index contributed by atoms with van der Waals surface area (Å²) in [4.78, 5) is 10.8. The van der Waals surface area contributed by atoms with Crippen molar-refractivity contribution in [3.05, 3.63) is 0 Å². The second-order valence-electron chi connectivity index (χ2n) is 3.29. The van der Waals surface area contributed by atoms with Gasteiger partial charge in [0.15, 0.2) is 0 Å². The number of hydrogen-bond acceptors (Lipinski definition) is 2. The molecular formula is C8H16N2O2. The first-order valence-corrected chi connectivity index (χ1v) is 4.36. The molecule has 0 aromatic carbocycles. The Kier molecular flexibility index (Phi) is 3.34. The lowest BCUT2D eigenvalue weighted by Crippen LogP contribution is -2.35. The number of carbonyl (C=O) groups is 1. The predicted molar refractivity (Wildman–Crippen MR) is 45.8 cm³/mol. The van der Waals surface area contributed by atoms with Crippen molar-refractivity contribution in [2.75, 3.05) is 13.6 Å². The van der Waals surface area contributed by atoms with Gasteiger partial charge < -0.3 is 15.7 Å². The third-order valence-electron chi connectivity index (χ3n) is 2.29. The molecule has 0 spiro atoms. The van der Waals surface area contributed by atoms with Gasteiger partial charge in [-0.15, -0.1) is 0 Å². The van der Waals surface area contributed by atoms with Crippen LogP contribution in [0.25, 0.3) is 0 Å². The van der Waals surface area contributed by atoms with Gasteiger partial charge in [0.2, 0.25) is 0 Å². The van der Waals surface area contributed by atoms with Gasteiger partial charge in [0.1, 0.15) is 0 Å². The summed E-state index contributed by atoms with van der Waals surface area (Å²) in [7, 11) is 1.60. The zero-order chi connectivity index (χ0) is 8.97.